The number of thiol groups is 1. The summed E-state index contributed by atoms with van der Waals surface area (Å²) in [6.45, 7) is 6.14. The van der Waals surface area contributed by atoms with Crippen LogP contribution in [0.4, 0.5) is 0 Å². The lowest BCUT2D eigenvalue weighted by molar-refractivity contribution is 0.0604. The molecule has 0 aliphatic carbocycles. The fourth-order valence-corrected chi connectivity index (χ4v) is 3.23. The Labute approximate surface area is 130 Å². The molecule has 0 fully saturated rings. The molecule has 2 aromatic rings. The van der Waals surface area contributed by atoms with Crippen LogP contribution in [0.25, 0.3) is 0 Å². The molecule has 0 aliphatic heterocycles. The van der Waals surface area contributed by atoms with E-state index in [9.17, 15) is 5.11 Å². The van der Waals surface area contributed by atoms with Crippen LogP contribution in [0.2, 0.25) is 0 Å². The smallest absolute Gasteiger partial charge is 0.0849 e. The first-order valence-corrected chi connectivity index (χ1v) is 7.89. The molecule has 1 nitrogen and oxygen atoms in total. The summed E-state index contributed by atoms with van der Waals surface area (Å²) in [6, 6.07) is 16.0. The maximum Gasteiger partial charge on any atom is 0.0849 e. The van der Waals surface area contributed by atoms with Crippen molar-refractivity contribution in [2.45, 2.75) is 41.6 Å². The molecule has 2 aromatic carbocycles. The molecule has 0 aliphatic rings. The molecule has 0 saturated heterocycles. The van der Waals surface area contributed by atoms with Gasteiger partial charge >= 0.3 is 0 Å². The fourth-order valence-electron chi connectivity index (χ4n) is 1.93. The quantitative estimate of drug-likeness (QED) is 0.759. The summed E-state index contributed by atoms with van der Waals surface area (Å²) in [5.41, 5.74) is 0.790. The zero-order chi connectivity index (χ0) is 14.8. The van der Waals surface area contributed by atoms with Gasteiger partial charge in [0.15, 0.2) is 0 Å². The monoisotopic (exact) mass is 304 g/mol. The molecule has 0 amide bonds. The zero-order valence-corrected chi connectivity index (χ0v) is 13.7. The van der Waals surface area contributed by atoms with Gasteiger partial charge < -0.3 is 5.11 Å². The van der Waals surface area contributed by atoms with E-state index in [1.165, 1.54) is 0 Å². The highest BCUT2D eigenvalue weighted by Crippen LogP contribution is 2.41. The number of benzene rings is 2. The van der Waals surface area contributed by atoms with Gasteiger partial charge in [0.1, 0.15) is 0 Å². The predicted molar refractivity (Wildman–Crippen MR) is 88.7 cm³/mol. The maximum atomic E-state index is 10.6. The zero-order valence-electron chi connectivity index (χ0n) is 12.0. The molecule has 1 unspecified atom stereocenters. The van der Waals surface area contributed by atoms with Crippen molar-refractivity contribution >= 4 is 24.4 Å². The first-order valence-electron chi connectivity index (χ1n) is 6.62. The molecule has 0 spiro atoms. The molecule has 0 saturated carbocycles. The van der Waals surface area contributed by atoms with Crippen LogP contribution in [-0.2, 0) is 0 Å². The lowest BCUT2D eigenvalue weighted by Crippen LogP contribution is -2.18. The number of aliphatic hydroxyl groups excluding tert-OH is 1. The third-order valence-corrected chi connectivity index (χ3v) is 4.83. The van der Waals surface area contributed by atoms with Gasteiger partial charge in [-0.3, -0.25) is 0 Å². The number of rotatable bonds is 3. The second kappa shape index (κ2) is 6.25. The molecule has 0 bridgehead atoms. The van der Waals surface area contributed by atoms with E-state index in [-0.39, 0.29) is 5.41 Å². The lowest BCUT2D eigenvalue weighted by atomic mass is 9.85. The van der Waals surface area contributed by atoms with E-state index in [1.54, 1.807) is 11.8 Å². The van der Waals surface area contributed by atoms with E-state index < -0.39 is 6.10 Å². The van der Waals surface area contributed by atoms with E-state index in [1.807, 2.05) is 63.2 Å². The summed E-state index contributed by atoms with van der Waals surface area (Å²) in [4.78, 5) is 3.14. The Morgan fingerprint density at radius 1 is 0.950 bits per heavy atom. The van der Waals surface area contributed by atoms with Gasteiger partial charge in [0, 0.05) is 14.7 Å². The third kappa shape index (κ3) is 3.60. The maximum absolute atomic E-state index is 10.6. The Bertz CT molecular complexity index is 588. The summed E-state index contributed by atoms with van der Waals surface area (Å²) in [5, 5.41) is 10.6. The minimum atomic E-state index is -0.488. The summed E-state index contributed by atoms with van der Waals surface area (Å²) in [6.07, 6.45) is -0.488. The van der Waals surface area contributed by atoms with Gasteiger partial charge in [-0.25, -0.2) is 0 Å². The van der Waals surface area contributed by atoms with Crippen molar-refractivity contribution in [2.75, 3.05) is 0 Å². The van der Waals surface area contributed by atoms with E-state index >= 15 is 0 Å². The molecule has 0 aromatic heterocycles. The van der Waals surface area contributed by atoms with Crippen LogP contribution < -0.4 is 0 Å². The Balaban J connectivity index is 2.36. The van der Waals surface area contributed by atoms with Gasteiger partial charge in [0.2, 0.25) is 0 Å². The SMILES string of the molecule is CC(C)(C)C(O)c1ccccc1Sc1ccccc1S. The summed E-state index contributed by atoms with van der Waals surface area (Å²) < 4.78 is 0. The van der Waals surface area contributed by atoms with E-state index in [4.69, 9.17) is 0 Å². The van der Waals surface area contributed by atoms with Crippen LogP contribution in [0.3, 0.4) is 0 Å². The largest absolute Gasteiger partial charge is 0.388 e. The summed E-state index contributed by atoms with van der Waals surface area (Å²) in [7, 11) is 0. The lowest BCUT2D eigenvalue weighted by Gasteiger charge is -2.27. The van der Waals surface area contributed by atoms with Crippen LogP contribution in [0.15, 0.2) is 63.2 Å². The Morgan fingerprint density at radius 2 is 1.50 bits per heavy atom. The van der Waals surface area contributed by atoms with Crippen molar-refractivity contribution in [3.05, 3.63) is 54.1 Å². The summed E-state index contributed by atoms with van der Waals surface area (Å²) in [5.74, 6) is 0. The minimum absolute atomic E-state index is 0.183. The molecule has 2 rings (SSSR count). The highest BCUT2D eigenvalue weighted by molar-refractivity contribution is 7.99. The Morgan fingerprint density at radius 3 is 2.10 bits per heavy atom. The topological polar surface area (TPSA) is 20.2 Å². The molecule has 0 heterocycles. The van der Waals surface area contributed by atoms with Crippen molar-refractivity contribution in [3.63, 3.8) is 0 Å². The average molecular weight is 304 g/mol. The molecule has 20 heavy (non-hydrogen) atoms. The average Bonchev–Trinajstić information content (AvgIpc) is 2.40. The van der Waals surface area contributed by atoms with Crippen molar-refractivity contribution in [2.24, 2.45) is 5.41 Å². The van der Waals surface area contributed by atoms with Crippen LogP contribution >= 0.6 is 24.4 Å². The summed E-state index contributed by atoms with van der Waals surface area (Å²) >= 11 is 6.14. The second-order valence-corrected chi connectivity index (χ2v) is 7.44. The standard InChI is InChI=1S/C17H20OS2/c1-17(2,3)16(18)12-8-4-6-10-14(12)20-15-11-7-5-9-13(15)19/h4-11,16,18-19H,1-3H3. The van der Waals surface area contributed by atoms with Gasteiger partial charge in [-0.1, -0.05) is 62.9 Å². The second-order valence-electron chi connectivity index (χ2n) is 5.88. The van der Waals surface area contributed by atoms with Gasteiger partial charge in [0.25, 0.3) is 0 Å². The molecular formula is C17H20OS2. The normalized spacial score (nSPS) is 13.2. The molecule has 1 atom stereocenters. The number of hydrogen-bond donors (Lipinski definition) is 2. The van der Waals surface area contributed by atoms with Gasteiger partial charge in [-0.15, -0.1) is 12.6 Å². The van der Waals surface area contributed by atoms with Crippen LogP contribution in [0.1, 0.15) is 32.4 Å². The highest BCUT2D eigenvalue weighted by Gasteiger charge is 2.26. The van der Waals surface area contributed by atoms with Crippen molar-refractivity contribution in [1.82, 2.24) is 0 Å². The molecule has 106 valence electrons. The molecule has 3 heteroatoms. The number of hydrogen-bond acceptors (Lipinski definition) is 3. The van der Waals surface area contributed by atoms with Gasteiger partial charge in [0.05, 0.1) is 6.10 Å². The van der Waals surface area contributed by atoms with Crippen LogP contribution in [0.5, 0.6) is 0 Å². The van der Waals surface area contributed by atoms with Crippen LogP contribution in [0, 0.1) is 5.41 Å². The fraction of sp³-hybridized carbons (Fsp3) is 0.294. The first kappa shape index (κ1) is 15.5. The predicted octanol–water partition coefficient (Wildman–Crippen LogP) is 5.21. The molecule has 0 radical (unpaired) electrons. The van der Waals surface area contributed by atoms with Crippen molar-refractivity contribution in [3.8, 4) is 0 Å². The Kier molecular flexibility index (Phi) is 4.84. The van der Waals surface area contributed by atoms with E-state index in [0.717, 1.165) is 20.2 Å². The van der Waals surface area contributed by atoms with Gasteiger partial charge in [-0.2, -0.15) is 0 Å². The van der Waals surface area contributed by atoms with E-state index in [2.05, 4.69) is 18.7 Å². The third-order valence-electron chi connectivity index (χ3n) is 3.12. The molecular weight excluding hydrogens is 284 g/mol. The Hall–Kier alpha value is -0.900. The van der Waals surface area contributed by atoms with Gasteiger partial charge in [-0.05, 0) is 29.2 Å². The highest BCUT2D eigenvalue weighted by atomic mass is 32.2. The van der Waals surface area contributed by atoms with Crippen molar-refractivity contribution in [1.29, 1.82) is 0 Å². The number of aliphatic hydroxyl groups is 1. The van der Waals surface area contributed by atoms with Crippen LogP contribution in [-0.4, -0.2) is 5.11 Å². The minimum Gasteiger partial charge on any atom is -0.388 e. The van der Waals surface area contributed by atoms with Crippen molar-refractivity contribution < 1.29 is 5.11 Å². The molecule has 1 N–H and O–H groups in total. The van der Waals surface area contributed by atoms with E-state index in [0.29, 0.717) is 0 Å². The first-order chi connectivity index (χ1) is 9.39.